The summed E-state index contributed by atoms with van der Waals surface area (Å²) in [5.74, 6) is -1.11. The minimum absolute atomic E-state index is 0.225. The summed E-state index contributed by atoms with van der Waals surface area (Å²) >= 11 is 0. The van der Waals surface area contributed by atoms with Crippen molar-refractivity contribution in [3.05, 3.63) is 0 Å². The first-order valence-corrected chi connectivity index (χ1v) is 4.43. The summed E-state index contributed by atoms with van der Waals surface area (Å²) in [4.78, 5) is 33.8. The topological polar surface area (TPSA) is 101 Å². The summed E-state index contributed by atoms with van der Waals surface area (Å²) in [6.45, 7) is 1.94. The van der Waals surface area contributed by atoms with Gasteiger partial charge in [0, 0.05) is 0 Å². The number of barbiturate groups is 1. The number of amides is 4. The average Bonchev–Trinajstić information content (AvgIpc) is 2.11. The molecule has 6 nitrogen and oxygen atoms in total. The third kappa shape index (κ3) is 1.48. The van der Waals surface area contributed by atoms with Crippen LogP contribution < -0.4 is 16.4 Å². The minimum Gasteiger partial charge on any atom is -0.330 e. The van der Waals surface area contributed by atoms with Crippen molar-refractivity contribution in [2.24, 2.45) is 11.1 Å². The molecule has 4 N–H and O–H groups in total. The van der Waals surface area contributed by atoms with Crippen molar-refractivity contribution < 1.29 is 14.4 Å². The minimum atomic E-state index is -1.18. The van der Waals surface area contributed by atoms with E-state index in [9.17, 15) is 14.4 Å². The molecule has 1 aliphatic rings. The number of hydrogen-bond donors (Lipinski definition) is 3. The largest absolute Gasteiger partial charge is 0.330 e. The Labute approximate surface area is 81.2 Å². The molecule has 1 saturated heterocycles. The first kappa shape index (κ1) is 10.6. The second kappa shape index (κ2) is 3.75. The summed E-state index contributed by atoms with van der Waals surface area (Å²) in [5.41, 5.74) is 4.16. The highest BCUT2D eigenvalue weighted by atomic mass is 16.2. The second-order valence-electron chi connectivity index (χ2n) is 3.21. The van der Waals surface area contributed by atoms with E-state index in [0.29, 0.717) is 6.42 Å². The molecule has 1 aliphatic heterocycles. The third-order valence-electron chi connectivity index (χ3n) is 2.50. The maximum absolute atomic E-state index is 11.5. The molecular formula is C8H13N3O3. The van der Waals surface area contributed by atoms with Crippen molar-refractivity contribution in [3.8, 4) is 0 Å². The van der Waals surface area contributed by atoms with Gasteiger partial charge in [-0.3, -0.25) is 20.2 Å². The monoisotopic (exact) mass is 199 g/mol. The highest BCUT2D eigenvalue weighted by molar-refractivity contribution is 6.19. The number of nitrogens with one attached hydrogen (secondary N) is 2. The summed E-state index contributed by atoms with van der Waals surface area (Å²) in [5, 5.41) is 4.14. The van der Waals surface area contributed by atoms with Gasteiger partial charge in [-0.05, 0) is 19.4 Å². The Morgan fingerprint density at radius 1 is 1.21 bits per heavy atom. The van der Waals surface area contributed by atoms with Gasteiger partial charge >= 0.3 is 6.03 Å². The number of hydrogen-bond acceptors (Lipinski definition) is 4. The van der Waals surface area contributed by atoms with Crippen molar-refractivity contribution in [3.63, 3.8) is 0 Å². The van der Waals surface area contributed by atoms with Crippen molar-refractivity contribution in [1.82, 2.24) is 10.6 Å². The lowest BCUT2D eigenvalue weighted by molar-refractivity contribution is -0.145. The third-order valence-corrected chi connectivity index (χ3v) is 2.50. The van der Waals surface area contributed by atoms with Crippen LogP contribution in [0.1, 0.15) is 19.8 Å². The van der Waals surface area contributed by atoms with Crippen LogP contribution in [0, 0.1) is 5.41 Å². The van der Waals surface area contributed by atoms with Gasteiger partial charge < -0.3 is 5.73 Å². The summed E-state index contributed by atoms with van der Waals surface area (Å²) in [6, 6.07) is -0.763. The van der Waals surface area contributed by atoms with Crippen molar-refractivity contribution in [1.29, 1.82) is 0 Å². The fourth-order valence-corrected chi connectivity index (χ4v) is 1.55. The van der Waals surface area contributed by atoms with Gasteiger partial charge in [0.05, 0.1) is 0 Å². The van der Waals surface area contributed by atoms with Crippen LogP contribution >= 0.6 is 0 Å². The molecular weight excluding hydrogens is 186 g/mol. The molecule has 1 rings (SSSR count). The molecule has 0 saturated carbocycles. The zero-order valence-electron chi connectivity index (χ0n) is 7.92. The van der Waals surface area contributed by atoms with E-state index >= 15 is 0 Å². The lowest BCUT2D eigenvalue weighted by Crippen LogP contribution is -2.62. The van der Waals surface area contributed by atoms with E-state index in [1.807, 2.05) is 0 Å². The van der Waals surface area contributed by atoms with Crippen LogP contribution in [-0.2, 0) is 9.59 Å². The van der Waals surface area contributed by atoms with Gasteiger partial charge in [0.1, 0.15) is 5.41 Å². The highest BCUT2D eigenvalue weighted by Crippen LogP contribution is 2.28. The van der Waals surface area contributed by atoms with E-state index in [0.717, 1.165) is 0 Å². The standard InChI is InChI=1S/C8H13N3O3/c1-2-8(3-4-9)5(12)10-7(14)11-6(8)13/h2-4,9H2,1H3,(H2,10,11,12,13,14). The molecule has 1 heterocycles. The number of carbonyl (C=O) groups is 3. The molecule has 0 aromatic carbocycles. The van der Waals surface area contributed by atoms with E-state index in [1.54, 1.807) is 6.92 Å². The Hall–Kier alpha value is -1.43. The van der Waals surface area contributed by atoms with Gasteiger partial charge in [0.15, 0.2) is 0 Å². The molecule has 0 spiro atoms. The molecule has 0 radical (unpaired) electrons. The number of urea groups is 1. The molecule has 0 aromatic rings. The Kier molecular flexibility index (Phi) is 2.85. The molecule has 6 heteroatoms. The average molecular weight is 199 g/mol. The smallest absolute Gasteiger partial charge is 0.328 e. The van der Waals surface area contributed by atoms with E-state index in [2.05, 4.69) is 10.6 Å². The molecule has 14 heavy (non-hydrogen) atoms. The maximum Gasteiger partial charge on any atom is 0.328 e. The van der Waals surface area contributed by atoms with Gasteiger partial charge in [0.2, 0.25) is 11.8 Å². The lowest BCUT2D eigenvalue weighted by Gasteiger charge is -2.32. The fraction of sp³-hybridized carbons (Fsp3) is 0.625. The van der Waals surface area contributed by atoms with Crippen LogP contribution in [0.5, 0.6) is 0 Å². The Morgan fingerprint density at radius 2 is 1.71 bits per heavy atom. The van der Waals surface area contributed by atoms with Crippen LogP contribution in [0.4, 0.5) is 4.79 Å². The normalized spacial score (nSPS) is 20.3. The number of rotatable bonds is 3. The van der Waals surface area contributed by atoms with Crippen molar-refractivity contribution in [2.45, 2.75) is 19.8 Å². The number of carbonyl (C=O) groups excluding carboxylic acids is 3. The SMILES string of the molecule is CCC1(CCN)C(=O)NC(=O)NC1=O. The van der Waals surface area contributed by atoms with Crippen LogP contribution in [0.2, 0.25) is 0 Å². The summed E-state index contributed by atoms with van der Waals surface area (Å²) in [7, 11) is 0. The maximum atomic E-state index is 11.5. The fourth-order valence-electron chi connectivity index (χ4n) is 1.55. The van der Waals surface area contributed by atoms with Crippen molar-refractivity contribution >= 4 is 17.8 Å². The van der Waals surface area contributed by atoms with Crippen LogP contribution in [0.3, 0.4) is 0 Å². The molecule has 4 amide bonds. The first-order chi connectivity index (χ1) is 6.56. The molecule has 0 atom stereocenters. The van der Waals surface area contributed by atoms with Crippen molar-refractivity contribution in [2.75, 3.05) is 6.54 Å². The first-order valence-electron chi connectivity index (χ1n) is 4.43. The molecule has 0 unspecified atom stereocenters. The molecule has 0 aromatic heterocycles. The molecule has 0 aliphatic carbocycles. The number of imide groups is 2. The van der Waals surface area contributed by atoms with Gasteiger partial charge in [-0.2, -0.15) is 0 Å². The lowest BCUT2D eigenvalue weighted by atomic mass is 9.79. The van der Waals surface area contributed by atoms with E-state index in [-0.39, 0.29) is 13.0 Å². The second-order valence-corrected chi connectivity index (χ2v) is 3.21. The molecule has 78 valence electrons. The predicted octanol–water partition coefficient (Wildman–Crippen LogP) is -0.902. The summed E-state index contributed by atoms with van der Waals surface area (Å²) < 4.78 is 0. The van der Waals surface area contributed by atoms with Gasteiger partial charge in [0.25, 0.3) is 0 Å². The predicted molar refractivity (Wildman–Crippen MR) is 48.1 cm³/mol. The zero-order chi connectivity index (χ0) is 10.8. The van der Waals surface area contributed by atoms with E-state index < -0.39 is 23.3 Å². The molecule has 1 fully saturated rings. The highest BCUT2D eigenvalue weighted by Gasteiger charge is 2.47. The summed E-state index contributed by atoms with van der Waals surface area (Å²) in [6.07, 6.45) is 0.573. The Morgan fingerprint density at radius 3 is 2.07 bits per heavy atom. The quantitative estimate of drug-likeness (QED) is 0.512. The van der Waals surface area contributed by atoms with E-state index in [4.69, 9.17) is 5.73 Å². The van der Waals surface area contributed by atoms with Gasteiger partial charge in [-0.25, -0.2) is 4.79 Å². The molecule has 0 bridgehead atoms. The Bertz CT molecular complexity index is 268. The van der Waals surface area contributed by atoms with Crippen LogP contribution in [-0.4, -0.2) is 24.4 Å². The zero-order valence-corrected chi connectivity index (χ0v) is 7.92. The van der Waals surface area contributed by atoms with Crippen LogP contribution in [0.25, 0.3) is 0 Å². The van der Waals surface area contributed by atoms with Crippen LogP contribution in [0.15, 0.2) is 0 Å². The Balaban J connectivity index is 2.97. The van der Waals surface area contributed by atoms with E-state index in [1.165, 1.54) is 0 Å². The van der Waals surface area contributed by atoms with Gasteiger partial charge in [-0.1, -0.05) is 6.92 Å². The van der Waals surface area contributed by atoms with Gasteiger partial charge in [-0.15, -0.1) is 0 Å². The number of nitrogens with two attached hydrogens (primary N) is 1.